The van der Waals surface area contributed by atoms with Crippen molar-refractivity contribution in [3.63, 3.8) is 0 Å². The molecule has 1 atom stereocenters. The number of hydrogen-bond acceptors (Lipinski definition) is 3. The van der Waals surface area contributed by atoms with Crippen molar-refractivity contribution >= 4 is 11.7 Å². The first-order valence-corrected chi connectivity index (χ1v) is 6.41. The highest BCUT2D eigenvalue weighted by atomic mass is 16.2. The van der Waals surface area contributed by atoms with Crippen LogP contribution in [-0.4, -0.2) is 42.3 Å². The largest absolute Gasteiger partial charge is 0.327 e. The number of ketones is 1. The third-order valence-electron chi connectivity index (χ3n) is 3.74. The van der Waals surface area contributed by atoms with Crippen molar-refractivity contribution in [2.24, 2.45) is 0 Å². The van der Waals surface area contributed by atoms with Crippen molar-refractivity contribution in [2.45, 2.75) is 18.9 Å². The van der Waals surface area contributed by atoms with Crippen LogP contribution in [0.15, 0.2) is 24.3 Å². The van der Waals surface area contributed by atoms with Crippen molar-refractivity contribution in [1.82, 2.24) is 10.2 Å². The minimum absolute atomic E-state index is 0.00102. The lowest BCUT2D eigenvalue weighted by Gasteiger charge is -2.37. The molecular formula is C14H16N2O2. The molecule has 4 nitrogen and oxygen atoms in total. The van der Waals surface area contributed by atoms with E-state index in [-0.39, 0.29) is 24.3 Å². The minimum Gasteiger partial charge on any atom is -0.327 e. The van der Waals surface area contributed by atoms with E-state index in [0.29, 0.717) is 11.1 Å². The topological polar surface area (TPSA) is 49.4 Å². The van der Waals surface area contributed by atoms with Crippen LogP contribution in [0.5, 0.6) is 0 Å². The number of nitrogens with zero attached hydrogens (tertiary/aromatic N) is 1. The summed E-state index contributed by atoms with van der Waals surface area (Å²) in [4.78, 5) is 26.2. The molecule has 4 heteroatoms. The maximum atomic E-state index is 12.4. The third kappa shape index (κ3) is 1.82. The second-order valence-electron chi connectivity index (χ2n) is 4.90. The van der Waals surface area contributed by atoms with Gasteiger partial charge in [0.05, 0.1) is 12.1 Å². The van der Waals surface area contributed by atoms with Gasteiger partial charge in [0.25, 0.3) is 5.91 Å². The predicted octanol–water partition coefficient (Wildman–Crippen LogP) is 1.08. The quantitative estimate of drug-likeness (QED) is 0.804. The van der Waals surface area contributed by atoms with Gasteiger partial charge in [0.15, 0.2) is 5.78 Å². The molecule has 1 aromatic carbocycles. The standard InChI is InChI=1S/C14H16N2O2/c17-13-9-16(10-4-3-7-15-8-10)14(18)12-6-2-1-5-11(12)13/h1-2,5-6,10,15H,3-4,7-9H2/t10-/m1/s1. The Labute approximate surface area is 106 Å². The molecule has 1 N–H and O–H groups in total. The van der Waals surface area contributed by atoms with E-state index in [1.165, 1.54) is 0 Å². The molecule has 2 heterocycles. The predicted molar refractivity (Wildman–Crippen MR) is 67.7 cm³/mol. The number of piperidine rings is 1. The fraction of sp³-hybridized carbons (Fsp3) is 0.429. The number of Topliss-reactive ketones (excluding diaryl/α,β-unsaturated/α-hetero) is 1. The molecule has 1 amide bonds. The summed E-state index contributed by atoms with van der Waals surface area (Å²) in [7, 11) is 0. The first-order chi connectivity index (χ1) is 8.77. The highest BCUT2D eigenvalue weighted by Gasteiger charge is 2.34. The number of carbonyl (C=O) groups is 2. The van der Waals surface area contributed by atoms with Gasteiger partial charge in [0.2, 0.25) is 0 Å². The molecule has 1 saturated heterocycles. The Hall–Kier alpha value is -1.68. The van der Waals surface area contributed by atoms with E-state index in [1.807, 2.05) is 12.1 Å². The minimum atomic E-state index is -0.00102. The number of rotatable bonds is 1. The van der Waals surface area contributed by atoms with E-state index in [2.05, 4.69) is 5.32 Å². The molecule has 1 fully saturated rings. The monoisotopic (exact) mass is 244 g/mol. The van der Waals surface area contributed by atoms with Gasteiger partial charge in [-0.05, 0) is 25.5 Å². The van der Waals surface area contributed by atoms with Crippen molar-refractivity contribution in [3.05, 3.63) is 35.4 Å². The van der Waals surface area contributed by atoms with Crippen LogP contribution < -0.4 is 5.32 Å². The Balaban J connectivity index is 1.91. The number of carbonyl (C=O) groups excluding carboxylic acids is 2. The maximum absolute atomic E-state index is 12.4. The summed E-state index contributed by atoms with van der Waals surface area (Å²) in [5.41, 5.74) is 1.13. The summed E-state index contributed by atoms with van der Waals surface area (Å²) in [5.74, 6) is 0.0506. The Morgan fingerprint density at radius 1 is 1.17 bits per heavy atom. The van der Waals surface area contributed by atoms with Gasteiger partial charge in [-0.2, -0.15) is 0 Å². The summed E-state index contributed by atoms with van der Waals surface area (Å²) < 4.78 is 0. The van der Waals surface area contributed by atoms with Crippen LogP contribution in [0.25, 0.3) is 0 Å². The Morgan fingerprint density at radius 2 is 1.94 bits per heavy atom. The molecule has 1 aromatic rings. The molecule has 0 bridgehead atoms. The van der Waals surface area contributed by atoms with Gasteiger partial charge in [-0.1, -0.05) is 18.2 Å². The number of hydrogen-bond donors (Lipinski definition) is 1. The van der Waals surface area contributed by atoms with E-state index in [9.17, 15) is 9.59 Å². The first-order valence-electron chi connectivity index (χ1n) is 6.41. The molecule has 18 heavy (non-hydrogen) atoms. The molecule has 0 unspecified atom stereocenters. The summed E-state index contributed by atoms with van der Waals surface area (Å²) in [6.45, 7) is 2.02. The fourth-order valence-electron chi connectivity index (χ4n) is 2.77. The maximum Gasteiger partial charge on any atom is 0.255 e. The second-order valence-corrected chi connectivity index (χ2v) is 4.90. The van der Waals surface area contributed by atoms with E-state index in [0.717, 1.165) is 25.9 Å². The summed E-state index contributed by atoms with van der Waals surface area (Å²) in [5, 5.41) is 3.29. The third-order valence-corrected chi connectivity index (χ3v) is 3.74. The van der Waals surface area contributed by atoms with Gasteiger partial charge in [0, 0.05) is 18.2 Å². The van der Waals surface area contributed by atoms with Crippen LogP contribution in [0.4, 0.5) is 0 Å². The van der Waals surface area contributed by atoms with Crippen LogP contribution in [0.2, 0.25) is 0 Å². The Bertz CT molecular complexity index is 492. The second kappa shape index (κ2) is 4.53. The van der Waals surface area contributed by atoms with E-state index in [1.54, 1.807) is 17.0 Å². The van der Waals surface area contributed by atoms with Crippen LogP contribution in [0, 0.1) is 0 Å². The summed E-state index contributed by atoms with van der Waals surface area (Å²) in [6, 6.07) is 7.27. The van der Waals surface area contributed by atoms with Crippen molar-refractivity contribution in [2.75, 3.05) is 19.6 Å². The highest BCUT2D eigenvalue weighted by Crippen LogP contribution is 2.22. The van der Waals surface area contributed by atoms with Gasteiger partial charge >= 0.3 is 0 Å². The molecular weight excluding hydrogens is 228 g/mol. The molecule has 3 rings (SSSR count). The average molecular weight is 244 g/mol. The highest BCUT2D eigenvalue weighted by molar-refractivity contribution is 6.13. The van der Waals surface area contributed by atoms with E-state index < -0.39 is 0 Å². The Morgan fingerprint density at radius 3 is 2.67 bits per heavy atom. The molecule has 0 aromatic heterocycles. The zero-order valence-corrected chi connectivity index (χ0v) is 10.2. The van der Waals surface area contributed by atoms with Gasteiger partial charge in [0.1, 0.15) is 0 Å². The number of benzene rings is 1. The molecule has 0 aliphatic carbocycles. The SMILES string of the molecule is O=C1CN([C@@H]2CCCNC2)C(=O)c2ccccc21. The Kier molecular flexibility index (Phi) is 2.88. The van der Waals surface area contributed by atoms with Gasteiger partial charge < -0.3 is 10.2 Å². The molecule has 0 saturated carbocycles. The van der Waals surface area contributed by atoms with Crippen LogP contribution in [0.3, 0.4) is 0 Å². The van der Waals surface area contributed by atoms with E-state index >= 15 is 0 Å². The molecule has 0 radical (unpaired) electrons. The number of nitrogens with one attached hydrogen (secondary N) is 1. The van der Waals surface area contributed by atoms with Crippen LogP contribution in [-0.2, 0) is 0 Å². The van der Waals surface area contributed by atoms with Crippen LogP contribution in [0.1, 0.15) is 33.6 Å². The van der Waals surface area contributed by atoms with Crippen molar-refractivity contribution in [1.29, 1.82) is 0 Å². The normalized spacial score (nSPS) is 24.0. The number of amides is 1. The zero-order chi connectivity index (χ0) is 12.5. The van der Waals surface area contributed by atoms with Crippen LogP contribution >= 0.6 is 0 Å². The molecule has 0 spiro atoms. The summed E-state index contributed by atoms with van der Waals surface area (Å²) >= 11 is 0. The summed E-state index contributed by atoms with van der Waals surface area (Å²) in [6.07, 6.45) is 2.04. The zero-order valence-electron chi connectivity index (χ0n) is 10.2. The molecule has 2 aliphatic heterocycles. The number of fused-ring (bicyclic) bond motifs is 1. The van der Waals surface area contributed by atoms with Crippen molar-refractivity contribution < 1.29 is 9.59 Å². The van der Waals surface area contributed by atoms with Gasteiger partial charge in [-0.25, -0.2) is 0 Å². The lowest BCUT2D eigenvalue weighted by molar-refractivity contribution is 0.0581. The van der Waals surface area contributed by atoms with E-state index in [4.69, 9.17) is 0 Å². The molecule has 94 valence electrons. The average Bonchev–Trinajstić information content (AvgIpc) is 2.44. The van der Waals surface area contributed by atoms with Crippen molar-refractivity contribution in [3.8, 4) is 0 Å². The van der Waals surface area contributed by atoms with Gasteiger partial charge in [-0.3, -0.25) is 9.59 Å². The fourth-order valence-corrected chi connectivity index (χ4v) is 2.77. The van der Waals surface area contributed by atoms with Gasteiger partial charge in [-0.15, -0.1) is 0 Å². The molecule has 2 aliphatic rings. The lowest BCUT2D eigenvalue weighted by atomic mass is 9.95. The smallest absolute Gasteiger partial charge is 0.255 e. The first kappa shape index (κ1) is 11.4. The lowest BCUT2D eigenvalue weighted by Crippen LogP contribution is -2.52.